The Morgan fingerprint density at radius 1 is 1.16 bits per heavy atom. The molecule has 3 heterocycles. The summed E-state index contributed by atoms with van der Waals surface area (Å²) in [4.78, 5) is 32.5. The van der Waals surface area contributed by atoms with Crippen LogP contribution in [0.1, 0.15) is 28.9 Å². The third-order valence-corrected chi connectivity index (χ3v) is 6.96. The number of aromatic nitrogens is 4. The number of aromatic amines is 1. The van der Waals surface area contributed by atoms with E-state index in [9.17, 15) is 9.59 Å². The van der Waals surface area contributed by atoms with Crippen LogP contribution in [0.4, 0.5) is 0 Å². The average Bonchev–Trinajstić information content (AvgIpc) is 3.60. The van der Waals surface area contributed by atoms with Crippen molar-refractivity contribution in [3.63, 3.8) is 0 Å². The van der Waals surface area contributed by atoms with Crippen LogP contribution in [0, 0.1) is 0 Å². The first-order valence-electron chi connectivity index (χ1n) is 12.4. The molecule has 1 aliphatic heterocycles. The molecule has 1 N–H and O–H groups in total. The van der Waals surface area contributed by atoms with Crippen molar-refractivity contribution in [2.24, 2.45) is 0 Å². The van der Waals surface area contributed by atoms with E-state index in [-0.39, 0.29) is 11.8 Å². The lowest BCUT2D eigenvalue weighted by molar-refractivity contribution is -0.131. The van der Waals surface area contributed by atoms with Crippen molar-refractivity contribution in [1.82, 2.24) is 29.8 Å². The van der Waals surface area contributed by atoms with Crippen molar-refractivity contribution < 1.29 is 14.3 Å². The summed E-state index contributed by atoms with van der Waals surface area (Å²) < 4.78 is 7.33. The predicted molar refractivity (Wildman–Crippen MR) is 147 cm³/mol. The Hall–Kier alpha value is -4.11. The number of carbonyl (C=O) groups is 2. The predicted octanol–water partition coefficient (Wildman–Crippen LogP) is 4.50. The van der Waals surface area contributed by atoms with E-state index in [0.717, 1.165) is 39.6 Å². The molecule has 5 rings (SSSR count). The van der Waals surface area contributed by atoms with Crippen molar-refractivity contribution in [1.29, 1.82) is 0 Å². The van der Waals surface area contributed by atoms with Gasteiger partial charge in [-0.15, -0.1) is 5.10 Å². The van der Waals surface area contributed by atoms with Crippen LogP contribution in [0.2, 0.25) is 5.02 Å². The Bertz CT molecular complexity index is 1520. The van der Waals surface area contributed by atoms with Gasteiger partial charge in [0.25, 0.3) is 5.91 Å². The van der Waals surface area contributed by atoms with Gasteiger partial charge < -0.3 is 19.5 Å². The van der Waals surface area contributed by atoms with Crippen molar-refractivity contribution in [2.75, 3.05) is 34.3 Å². The molecule has 2 amide bonds. The summed E-state index contributed by atoms with van der Waals surface area (Å²) in [6.45, 7) is 1.66. The molecule has 0 atom stereocenters. The Kier molecular flexibility index (Phi) is 7.20. The maximum absolute atomic E-state index is 13.0. The summed E-state index contributed by atoms with van der Waals surface area (Å²) >= 11 is 6.39. The van der Waals surface area contributed by atoms with Gasteiger partial charge in [-0.1, -0.05) is 22.9 Å². The van der Waals surface area contributed by atoms with Gasteiger partial charge in [-0.3, -0.25) is 14.3 Å². The summed E-state index contributed by atoms with van der Waals surface area (Å²) in [5.41, 5.74) is 5.04. The summed E-state index contributed by atoms with van der Waals surface area (Å²) in [7, 11) is 5.07. The molecule has 0 bridgehead atoms. The van der Waals surface area contributed by atoms with Crippen molar-refractivity contribution in [3.8, 4) is 16.9 Å². The second-order valence-electron chi connectivity index (χ2n) is 9.46. The smallest absolute Gasteiger partial charge is 0.269 e. The molecule has 196 valence electrons. The zero-order valence-electron chi connectivity index (χ0n) is 21.6. The molecular weight excluding hydrogens is 504 g/mol. The standard InChI is InChI=1S/C28H29ClN6O3/c1-33(2)28(37)25-16-22-21(23-15-20(29)6-7-26(23)38-3)13-19(14-24(22)31-25)18-5-4-10-34(17-18)27(36)8-11-35-12-9-30-32-35/h5-7,9,12-16,31H,4,8,10-11,17H2,1-3H3. The Morgan fingerprint density at radius 2 is 2.00 bits per heavy atom. The number of benzene rings is 2. The van der Waals surface area contributed by atoms with Gasteiger partial charge in [0.2, 0.25) is 5.91 Å². The molecule has 1 aliphatic rings. The molecule has 2 aromatic heterocycles. The van der Waals surface area contributed by atoms with Gasteiger partial charge in [-0.25, -0.2) is 0 Å². The van der Waals surface area contributed by atoms with Crippen LogP contribution in [0.25, 0.3) is 27.6 Å². The number of nitrogens with zero attached hydrogens (tertiary/aromatic N) is 5. The van der Waals surface area contributed by atoms with Crippen molar-refractivity contribution in [3.05, 3.63) is 71.1 Å². The van der Waals surface area contributed by atoms with Gasteiger partial charge in [0.05, 0.1) is 19.9 Å². The average molecular weight is 533 g/mol. The first-order valence-corrected chi connectivity index (χ1v) is 12.8. The highest BCUT2D eigenvalue weighted by Crippen LogP contribution is 2.39. The minimum atomic E-state index is -0.118. The number of fused-ring (bicyclic) bond motifs is 1. The number of carbonyl (C=O) groups excluding carboxylic acids is 2. The molecule has 38 heavy (non-hydrogen) atoms. The van der Waals surface area contributed by atoms with Crippen LogP contribution in [-0.2, 0) is 11.3 Å². The van der Waals surface area contributed by atoms with Crippen LogP contribution < -0.4 is 4.74 Å². The number of aryl methyl sites for hydroxylation is 1. The van der Waals surface area contributed by atoms with Gasteiger partial charge >= 0.3 is 0 Å². The van der Waals surface area contributed by atoms with Gasteiger partial charge in [0.15, 0.2) is 0 Å². The second-order valence-corrected chi connectivity index (χ2v) is 9.90. The molecule has 0 spiro atoms. The van der Waals surface area contributed by atoms with E-state index in [1.54, 1.807) is 44.3 Å². The molecule has 0 aliphatic carbocycles. The topological polar surface area (TPSA) is 96.3 Å². The molecule has 0 saturated carbocycles. The number of hydrogen-bond acceptors (Lipinski definition) is 5. The van der Waals surface area contributed by atoms with E-state index in [0.29, 0.717) is 42.5 Å². The van der Waals surface area contributed by atoms with Crippen molar-refractivity contribution >= 4 is 39.9 Å². The molecule has 2 aromatic carbocycles. The van der Waals surface area contributed by atoms with Crippen LogP contribution in [-0.4, -0.2) is 75.9 Å². The molecule has 10 heteroatoms. The third-order valence-electron chi connectivity index (χ3n) is 6.73. The van der Waals surface area contributed by atoms with Gasteiger partial charge in [0, 0.05) is 61.3 Å². The second kappa shape index (κ2) is 10.7. The SMILES string of the molecule is COc1ccc(Cl)cc1-c1cc(C2=CCCN(C(=O)CCn3ccnn3)C2)cc2[nH]c(C(=O)N(C)C)cc12. The first kappa shape index (κ1) is 25.5. The minimum Gasteiger partial charge on any atom is -0.496 e. The van der Waals surface area contributed by atoms with Crippen LogP contribution in [0.3, 0.4) is 0 Å². The van der Waals surface area contributed by atoms with Crippen molar-refractivity contribution in [2.45, 2.75) is 19.4 Å². The molecule has 0 fully saturated rings. The van der Waals surface area contributed by atoms with Crippen LogP contribution in [0.5, 0.6) is 5.75 Å². The van der Waals surface area contributed by atoms with Gasteiger partial charge in [-0.05, 0) is 59.5 Å². The van der Waals surface area contributed by atoms with E-state index in [4.69, 9.17) is 16.3 Å². The monoisotopic (exact) mass is 532 g/mol. The number of rotatable bonds is 7. The summed E-state index contributed by atoms with van der Waals surface area (Å²) in [6, 6.07) is 11.5. The fourth-order valence-corrected chi connectivity index (χ4v) is 4.95. The molecule has 0 radical (unpaired) electrons. The number of halogens is 1. The Morgan fingerprint density at radius 3 is 2.74 bits per heavy atom. The lowest BCUT2D eigenvalue weighted by Crippen LogP contribution is -2.35. The highest BCUT2D eigenvalue weighted by atomic mass is 35.5. The number of methoxy groups -OCH3 is 1. The van der Waals surface area contributed by atoms with E-state index in [1.165, 1.54) is 4.90 Å². The molecule has 0 unspecified atom stereocenters. The lowest BCUT2D eigenvalue weighted by Gasteiger charge is -2.28. The fourth-order valence-electron chi connectivity index (χ4n) is 4.78. The highest BCUT2D eigenvalue weighted by molar-refractivity contribution is 6.31. The summed E-state index contributed by atoms with van der Waals surface area (Å²) in [5, 5.41) is 9.21. The minimum absolute atomic E-state index is 0.0719. The quantitative estimate of drug-likeness (QED) is 0.378. The number of hydrogen-bond donors (Lipinski definition) is 1. The highest BCUT2D eigenvalue weighted by Gasteiger charge is 2.22. The van der Waals surface area contributed by atoms with Crippen LogP contribution in [0.15, 0.2) is 54.9 Å². The normalized spacial score (nSPS) is 13.5. The Balaban J connectivity index is 1.53. The third kappa shape index (κ3) is 5.15. The number of amides is 2. The number of H-pyrrole nitrogens is 1. The van der Waals surface area contributed by atoms with Gasteiger partial charge in [0.1, 0.15) is 11.4 Å². The largest absolute Gasteiger partial charge is 0.496 e. The Labute approximate surface area is 225 Å². The zero-order valence-corrected chi connectivity index (χ0v) is 22.3. The van der Waals surface area contributed by atoms with E-state index < -0.39 is 0 Å². The van der Waals surface area contributed by atoms with E-state index >= 15 is 0 Å². The molecule has 0 saturated heterocycles. The fraction of sp³-hybridized carbons (Fsp3) is 0.286. The van der Waals surface area contributed by atoms with E-state index in [1.807, 2.05) is 29.2 Å². The number of ether oxygens (including phenoxy) is 1. The maximum Gasteiger partial charge on any atom is 0.269 e. The summed E-state index contributed by atoms with van der Waals surface area (Å²) in [5.74, 6) is 0.632. The zero-order chi connectivity index (χ0) is 26.8. The van der Waals surface area contributed by atoms with E-state index in [2.05, 4.69) is 27.4 Å². The molecular formula is C28H29ClN6O3. The lowest BCUT2D eigenvalue weighted by atomic mass is 9.93. The summed E-state index contributed by atoms with van der Waals surface area (Å²) in [6.07, 6.45) is 6.64. The maximum atomic E-state index is 13.0. The molecule has 9 nitrogen and oxygen atoms in total. The first-order chi connectivity index (χ1) is 18.3. The number of nitrogens with one attached hydrogen (secondary N) is 1. The van der Waals surface area contributed by atoms with Crippen LogP contribution >= 0.6 is 11.6 Å². The molecule has 4 aromatic rings. The van der Waals surface area contributed by atoms with Gasteiger partial charge in [-0.2, -0.15) is 0 Å².